The summed E-state index contributed by atoms with van der Waals surface area (Å²) in [6.07, 6.45) is 2.45. The molecule has 0 bridgehead atoms. The van der Waals surface area contributed by atoms with Crippen molar-refractivity contribution in [3.8, 4) is 11.3 Å². The molecule has 4 rings (SSSR count). The summed E-state index contributed by atoms with van der Waals surface area (Å²) in [6.45, 7) is 0.766. The van der Waals surface area contributed by atoms with E-state index < -0.39 is 0 Å². The van der Waals surface area contributed by atoms with Gasteiger partial charge in [-0.25, -0.2) is 4.98 Å². The predicted octanol–water partition coefficient (Wildman–Crippen LogP) is 4.80. The van der Waals surface area contributed by atoms with Gasteiger partial charge in [0.25, 0.3) is 5.91 Å². The van der Waals surface area contributed by atoms with Crippen molar-refractivity contribution in [2.45, 2.75) is 12.8 Å². The van der Waals surface area contributed by atoms with Gasteiger partial charge < -0.3 is 5.32 Å². The molecule has 0 aliphatic heterocycles. The van der Waals surface area contributed by atoms with Crippen LogP contribution in [0.2, 0.25) is 0 Å². The lowest BCUT2D eigenvalue weighted by atomic mass is 10.0. The van der Waals surface area contributed by atoms with Gasteiger partial charge in [-0.05, 0) is 43.0 Å². The predicted molar refractivity (Wildman–Crippen MR) is 99.9 cm³/mol. The molecule has 24 heavy (non-hydrogen) atoms. The first-order valence-electron chi connectivity index (χ1n) is 8.14. The summed E-state index contributed by atoms with van der Waals surface area (Å²) in [5.74, 6) is 0.642. The van der Waals surface area contributed by atoms with Crippen LogP contribution in [-0.2, 0) is 0 Å². The van der Waals surface area contributed by atoms with E-state index in [9.17, 15) is 4.79 Å². The Morgan fingerprint density at radius 1 is 1.12 bits per heavy atom. The van der Waals surface area contributed by atoms with E-state index in [0.717, 1.165) is 33.2 Å². The second-order valence-corrected chi connectivity index (χ2v) is 7.15. The molecule has 1 N–H and O–H groups in total. The number of carbonyl (C=O) groups is 1. The summed E-state index contributed by atoms with van der Waals surface area (Å²) in [6, 6.07) is 17.7. The average molecular weight is 381 g/mol. The quantitative estimate of drug-likeness (QED) is 0.705. The molecule has 1 aliphatic carbocycles. The van der Waals surface area contributed by atoms with Gasteiger partial charge >= 0.3 is 0 Å². The molecule has 1 aliphatic rings. The van der Waals surface area contributed by atoms with Crippen LogP contribution in [0.25, 0.3) is 22.2 Å². The van der Waals surface area contributed by atoms with Gasteiger partial charge in [-0.15, -0.1) is 0 Å². The minimum absolute atomic E-state index is 0.0169. The van der Waals surface area contributed by atoms with Crippen LogP contribution in [0.1, 0.15) is 23.2 Å². The van der Waals surface area contributed by atoms with Crippen LogP contribution in [0.3, 0.4) is 0 Å². The first-order chi connectivity index (χ1) is 11.7. The Balaban J connectivity index is 1.79. The molecule has 0 unspecified atom stereocenters. The number of carbonyl (C=O) groups excluding carboxylic acids is 1. The lowest BCUT2D eigenvalue weighted by Gasteiger charge is -2.10. The van der Waals surface area contributed by atoms with E-state index in [0.29, 0.717) is 11.5 Å². The molecule has 1 heterocycles. The van der Waals surface area contributed by atoms with Crippen LogP contribution >= 0.6 is 15.9 Å². The van der Waals surface area contributed by atoms with Crippen molar-refractivity contribution in [3.05, 3.63) is 64.6 Å². The number of aromatic nitrogens is 1. The molecule has 3 aromatic rings. The summed E-state index contributed by atoms with van der Waals surface area (Å²) >= 11 is 3.50. The van der Waals surface area contributed by atoms with Crippen LogP contribution in [0.4, 0.5) is 0 Å². The molecule has 2 aromatic carbocycles. The van der Waals surface area contributed by atoms with E-state index in [1.807, 2.05) is 54.6 Å². The van der Waals surface area contributed by atoms with Crippen molar-refractivity contribution in [3.63, 3.8) is 0 Å². The Morgan fingerprint density at radius 3 is 2.75 bits per heavy atom. The number of halogens is 1. The molecule has 1 fully saturated rings. The number of hydrogen-bond donors (Lipinski definition) is 1. The zero-order chi connectivity index (χ0) is 16.5. The van der Waals surface area contributed by atoms with E-state index in [2.05, 4.69) is 21.2 Å². The molecule has 0 saturated heterocycles. The van der Waals surface area contributed by atoms with E-state index in [1.165, 1.54) is 12.8 Å². The fraction of sp³-hybridized carbons (Fsp3) is 0.200. The average Bonchev–Trinajstić information content (AvgIpc) is 3.43. The van der Waals surface area contributed by atoms with Crippen molar-refractivity contribution < 1.29 is 4.79 Å². The maximum atomic E-state index is 12.7. The van der Waals surface area contributed by atoms with Crippen LogP contribution in [0.5, 0.6) is 0 Å². The van der Waals surface area contributed by atoms with Crippen molar-refractivity contribution in [1.82, 2.24) is 10.3 Å². The maximum Gasteiger partial charge on any atom is 0.252 e. The molecule has 0 radical (unpaired) electrons. The van der Waals surface area contributed by atoms with E-state index >= 15 is 0 Å². The molecule has 1 aromatic heterocycles. The fourth-order valence-corrected chi connectivity index (χ4v) is 3.21. The number of nitrogens with one attached hydrogen (secondary N) is 1. The molecular weight excluding hydrogens is 364 g/mol. The lowest BCUT2D eigenvalue weighted by Crippen LogP contribution is -2.25. The second kappa shape index (κ2) is 6.36. The van der Waals surface area contributed by atoms with Crippen molar-refractivity contribution >= 4 is 32.7 Å². The molecule has 1 amide bonds. The summed E-state index contributed by atoms with van der Waals surface area (Å²) in [5, 5.41) is 3.96. The van der Waals surface area contributed by atoms with Gasteiger partial charge in [-0.2, -0.15) is 0 Å². The van der Waals surface area contributed by atoms with E-state index in [1.54, 1.807) is 0 Å². The normalized spacial score (nSPS) is 13.9. The molecule has 4 heteroatoms. The standard InChI is InChI=1S/C20H17BrN2O/c21-15-5-3-4-14(10-15)19-11-17(20(24)22-12-13-8-9-13)16-6-1-2-7-18(16)23-19/h1-7,10-11,13H,8-9,12H2,(H,22,24). The third kappa shape index (κ3) is 3.20. The first kappa shape index (κ1) is 15.3. The van der Waals surface area contributed by atoms with Crippen molar-refractivity contribution in [2.24, 2.45) is 5.92 Å². The van der Waals surface area contributed by atoms with Gasteiger partial charge in [0.1, 0.15) is 0 Å². The highest BCUT2D eigenvalue weighted by Gasteiger charge is 2.22. The number of rotatable bonds is 4. The first-order valence-corrected chi connectivity index (χ1v) is 8.94. The Labute approximate surface area is 149 Å². The highest BCUT2D eigenvalue weighted by Crippen LogP contribution is 2.29. The van der Waals surface area contributed by atoms with Gasteiger partial charge in [-0.1, -0.05) is 46.3 Å². The number of hydrogen-bond acceptors (Lipinski definition) is 2. The van der Waals surface area contributed by atoms with Gasteiger partial charge in [0.05, 0.1) is 16.8 Å². The largest absolute Gasteiger partial charge is 0.352 e. The number of pyridine rings is 1. The number of amides is 1. The molecule has 120 valence electrons. The van der Waals surface area contributed by atoms with Crippen LogP contribution in [-0.4, -0.2) is 17.4 Å². The highest BCUT2D eigenvalue weighted by molar-refractivity contribution is 9.10. The molecule has 0 atom stereocenters. The third-order valence-electron chi connectivity index (χ3n) is 4.33. The summed E-state index contributed by atoms with van der Waals surface area (Å²) < 4.78 is 0.995. The summed E-state index contributed by atoms with van der Waals surface area (Å²) in [7, 11) is 0. The van der Waals surface area contributed by atoms with Gasteiger partial charge in [0.2, 0.25) is 0 Å². The van der Waals surface area contributed by atoms with Crippen LogP contribution < -0.4 is 5.32 Å². The van der Waals surface area contributed by atoms with Crippen molar-refractivity contribution in [1.29, 1.82) is 0 Å². The smallest absolute Gasteiger partial charge is 0.252 e. The number of nitrogens with zero attached hydrogens (tertiary/aromatic N) is 1. The molecular formula is C20H17BrN2O. The fourth-order valence-electron chi connectivity index (χ4n) is 2.81. The van der Waals surface area contributed by atoms with Gasteiger partial charge in [0, 0.05) is 22.0 Å². The van der Waals surface area contributed by atoms with Crippen LogP contribution in [0, 0.1) is 5.92 Å². The van der Waals surface area contributed by atoms with E-state index in [-0.39, 0.29) is 5.91 Å². The number of fused-ring (bicyclic) bond motifs is 1. The number of para-hydroxylation sites is 1. The van der Waals surface area contributed by atoms with Crippen molar-refractivity contribution in [2.75, 3.05) is 6.54 Å². The highest BCUT2D eigenvalue weighted by atomic mass is 79.9. The minimum atomic E-state index is -0.0169. The van der Waals surface area contributed by atoms with Gasteiger partial charge in [-0.3, -0.25) is 4.79 Å². The molecule has 1 saturated carbocycles. The Bertz CT molecular complexity index is 918. The Kier molecular flexibility index (Phi) is 4.07. The maximum absolute atomic E-state index is 12.7. The summed E-state index contributed by atoms with van der Waals surface area (Å²) in [5.41, 5.74) is 3.33. The van der Waals surface area contributed by atoms with Gasteiger partial charge in [0.15, 0.2) is 0 Å². The zero-order valence-corrected chi connectivity index (χ0v) is 14.7. The van der Waals surface area contributed by atoms with E-state index in [4.69, 9.17) is 4.98 Å². The number of benzene rings is 2. The summed E-state index contributed by atoms with van der Waals surface area (Å²) in [4.78, 5) is 17.4. The molecule has 3 nitrogen and oxygen atoms in total. The van der Waals surface area contributed by atoms with Crippen LogP contribution in [0.15, 0.2) is 59.1 Å². The molecule has 0 spiro atoms. The monoisotopic (exact) mass is 380 g/mol. The minimum Gasteiger partial charge on any atom is -0.352 e. The topological polar surface area (TPSA) is 42.0 Å². The zero-order valence-electron chi connectivity index (χ0n) is 13.1. The second-order valence-electron chi connectivity index (χ2n) is 6.24. The SMILES string of the molecule is O=C(NCC1CC1)c1cc(-c2cccc(Br)c2)nc2ccccc12. The third-order valence-corrected chi connectivity index (χ3v) is 4.82. The Hall–Kier alpha value is -2.20. The lowest BCUT2D eigenvalue weighted by molar-refractivity contribution is 0.0953. The Morgan fingerprint density at radius 2 is 1.96 bits per heavy atom.